The molecule has 0 spiro atoms. The molecule has 2 heteroatoms. The Bertz CT molecular complexity index is 844. The Balaban J connectivity index is 1.59. The van der Waals surface area contributed by atoms with Gasteiger partial charge in [-0.05, 0) is 47.1 Å². The molecule has 0 bridgehead atoms. The maximum atomic E-state index is 4.29. The second kappa shape index (κ2) is 4.08. The van der Waals surface area contributed by atoms with Crippen LogP contribution in [0.4, 0.5) is 0 Å². The van der Waals surface area contributed by atoms with E-state index in [1.54, 1.807) is 0 Å². The van der Waals surface area contributed by atoms with E-state index < -0.39 is 0 Å². The fraction of sp³-hybridized carbons (Fsp3) is 0.211. The Morgan fingerprint density at radius 3 is 2.90 bits per heavy atom. The smallest absolute Gasteiger partial charge is 0.0953 e. The van der Waals surface area contributed by atoms with Crippen molar-refractivity contribution in [3.05, 3.63) is 77.4 Å². The molecule has 21 heavy (non-hydrogen) atoms. The SMILES string of the molecule is c1ccc2c(c1)Cc1cc(C3CCc4cncn43)ccc1-2. The molecule has 2 heterocycles. The number of nitrogens with zero attached hydrogens (tertiary/aromatic N) is 2. The van der Waals surface area contributed by atoms with Crippen LogP contribution < -0.4 is 0 Å². The molecular formula is C19H16N2. The van der Waals surface area contributed by atoms with Gasteiger partial charge < -0.3 is 4.57 Å². The van der Waals surface area contributed by atoms with Gasteiger partial charge in [0, 0.05) is 11.9 Å². The fourth-order valence-corrected chi connectivity index (χ4v) is 3.93. The highest BCUT2D eigenvalue weighted by atomic mass is 15.1. The number of benzene rings is 2. The summed E-state index contributed by atoms with van der Waals surface area (Å²) in [6.45, 7) is 0. The van der Waals surface area contributed by atoms with Crippen LogP contribution in [0.25, 0.3) is 11.1 Å². The Labute approximate surface area is 124 Å². The summed E-state index contributed by atoms with van der Waals surface area (Å²) in [6.07, 6.45) is 7.40. The summed E-state index contributed by atoms with van der Waals surface area (Å²) in [5.74, 6) is 0. The van der Waals surface area contributed by atoms with Gasteiger partial charge in [0.05, 0.1) is 12.4 Å². The molecule has 0 N–H and O–H groups in total. The van der Waals surface area contributed by atoms with Crippen LogP contribution in [0, 0.1) is 0 Å². The van der Waals surface area contributed by atoms with Crippen LogP contribution in [-0.4, -0.2) is 9.55 Å². The van der Waals surface area contributed by atoms with Gasteiger partial charge in [0.25, 0.3) is 0 Å². The zero-order valence-electron chi connectivity index (χ0n) is 11.8. The summed E-state index contributed by atoms with van der Waals surface area (Å²) in [4.78, 5) is 4.29. The highest BCUT2D eigenvalue weighted by Crippen LogP contribution is 2.39. The molecule has 0 radical (unpaired) electrons. The first-order valence-electron chi connectivity index (χ1n) is 7.62. The second-order valence-corrected chi connectivity index (χ2v) is 6.10. The minimum atomic E-state index is 0.469. The van der Waals surface area contributed by atoms with Gasteiger partial charge in [-0.2, -0.15) is 0 Å². The molecule has 102 valence electrons. The Morgan fingerprint density at radius 2 is 1.90 bits per heavy atom. The van der Waals surface area contributed by atoms with Crippen molar-refractivity contribution in [2.75, 3.05) is 0 Å². The lowest BCUT2D eigenvalue weighted by molar-refractivity contribution is 0.615. The first-order valence-corrected chi connectivity index (χ1v) is 7.62. The van der Waals surface area contributed by atoms with Gasteiger partial charge >= 0.3 is 0 Å². The number of aromatic nitrogens is 2. The molecular weight excluding hydrogens is 256 g/mol. The van der Waals surface area contributed by atoms with Crippen LogP contribution in [0.3, 0.4) is 0 Å². The van der Waals surface area contributed by atoms with E-state index in [1.807, 2.05) is 12.5 Å². The zero-order valence-corrected chi connectivity index (χ0v) is 11.8. The molecule has 2 aromatic carbocycles. The fourth-order valence-electron chi connectivity index (χ4n) is 3.93. The topological polar surface area (TPSA) is 17.8 Å². The molecule has 2 aliphatic rings. The van der Waals surface area contributed by atoms with Crippen molar-refractivity contribution in [3.63, 3.8) is 0 Å². The van der Waals surface area contributed by atoms with Crippen molar-refractivity contribution in [2.24, 2.45) is 0 Å². The van der Waals surface area contributed by atoms with E-state index in [9.17, 15) is 0 Å². The summed E-state index contributed by atoms with van der Waals surface area (Å²) in [7, 11) is 0. The first kappa shape index (κ1) is 11.3. The highest BCUT2D eigenvalue weighted by molar-refractivity contribution is 5.77. The van der Waals surface area contributed by atoms with Crippen LogP contribution in [0.1, 0.15) is 34.8 Å². The highest BCUT2D eigenvalue weighted by Gasteiger charge is 2.25. The first-order chi connectivity index (χ1) is 10.4. The van der Waals surface area contributed by atoms with E-state index in [4.69, 9.17) is 0 Å². The minimum Gasteiger partial charge on any atom is -0.327 e. The maximum Gasteiger partial charge on any atom is 0.0953 e. The van der Waals surface area contributed by atoms with E-state index >= 15 is 0 Å². The number of aryl methyl sites for hydroxylation is 1. The number of fused-ring (bicyclic) bond motifs is 4. The Kier molecular flexibility index (Phi) is 2.20. The Morgan fingerprint density at radius 1 is 1.00 bits per heavy atom. The van der Waals surface area contributed by atoms with Crippen molar-refractivity contribution < 1.29 is 0 Å². The summed E-state index contributed by atoms with van der Waals surface area (Å²) < 4.78 is 2.34. The summed E-state index contributed by atoms with van der Waals surface area (Å²) >= 11 is 0. The summed E-state index contributed by atoms with van der Waals surface area (Å²) in [5.41, 5.74) is 8.55. The van der Waals surface area contributed by atoms with Crippen LogP contribution >= 0.6 is 0 Å². The third-order valence-corrected chi connectivity index (χ3v) is 4.96. The molecule has 1 aliphatic carbocycles. The lowest BCUT2D eigenvalue weighted by atomic mass is 9.98. The third kappa shape index (κ3) is 1.56. The number of hydrogen-bond donors (Lipinski definition) is 0. The average molecular weight is 272 g/mol. The number of hydrogen-bond acceptors (Lipinski definition) is 1. The van der Waals surface area contributed by atoms with Crippen molar-refractivity contribution in [2.45, 2.75) is 25.3 Å². The standard InChI is InChI=1S/C19H16N2/c1-2-4-17-13(3-1)9-15-10-14(5-7-18(15)17)19-8-6-16-11-20-12-21(16)19/h1-5,7,10-12,19H,6,8-9H2. The molecule has 3 aromatic rings. The van der Waals surface area contributed by atoms with Gasteiger partial charge in [-0.3, -0.25) is 0 Å². The van der Waals surface area contributed by atoms with Gasteiger partial charge in [0.15, 0.2) is 0 Å². The van der Waals surface area contributed by atoms with Crippen molar-refractivity contribution in [1.29, 1.82) is 0 Å². The van der Waals surface area contributed by atoms with E-state index in [1.165, 1.54) is 39.9 Å². The van der Waals surface area contributed by atoms with Gasteiger partial charge in [0.2, 0.25) is 0 Å². The maximum absolute atomic E-state index is 4.29. The number of imidazole rings is 1. The third-order valence-electron chi connectivity index (χ3n) is 4.96. The van der Waals surface area contributed by atoms with Crippen LogP contribution in [0.2, 0.25) is 0 Å². The average Bonchev–Trinajstić information content (AvgIpc) is 3.19. The lowest BCUT2D eigenvalue weighted by Gasteiger charge is -2.14. The predicted molar refractivity (Wildman–Crippen MR) is 83.4 cm³/mol. The largest absolute Gasteiger partial charge is 0.327 e. The minimum absolute atomic E-state index is 0.469. The second-order valence-electron chi connectivity index (χ2n) is 6.10. The van der Waals surface area contributed by atoms with Crippen molar-refractivity contribution in [3.8, 4) is 11.1 Å². The van der Waals surface area contributed by atoms with Crippen molar-refractivity contribution >= 4 is 0 Å². The molecule has 0 amide bonds. The molecule has 0 fully saturated rings. The van der Waals surface area contributed by atoms with E-state index in [-0.39, 0.29) is 0 Å². The monoisotopic (exact) mass is 272 g/mol. The molecule has 0 saturated heterocycles. The zero-order chi connectivity index (χ0) is 13.8. The molecule has 1 unspecified atom stereocenters. The van der Waals surface area contributed by atoms with Crippen molar-refractivity contribution in [1.82, 2.24) is 9.55 Å². The van der Waals surface area contributed by atoms with Gasteiger partial charge in [-0.15, -0.1) is 0 Å². The quantitative estimate of drug-likeness (QED) is 0.512. The normalized spacial score (nSPS) is 18.4. The molecule has 0 saturated carbocycles. The molecule has 1 aromatic heterocycles. The number of rotatable bonds is 1. The van der Waals surface area contributed by atoms with Gasteiger partial charge in [0.1, 0.15) is 0 Å². The van der Waals surface area contributed by atoms with Crippen LogP contribution in [0.15, 0.2) is 55.0 Å². The summed E-state index contributed by atoms with van der Waals surface area (Å²) in [5, 5.41) is 0. The summed E-state index contributed by atoms with van der Waals surface area (Å²) in [6, 6.07) is 16.3. The predicted octanol–water partition coefficient (Wildman–Crippen LogP) is 3.99. The van der Waals surface area contributed by atoms with E-state index in [0.29, 0.717) is 6.04 Å². The van der Waals surface area contributed by atoms with E-state index in [0.717, 1.165) is 12.8 Å². The lowest BCUT2D eigenvalue weighted by Crippen LogP contribution is -2.04. The molecule has 5 rings (SSSR count). The van der Waals surface area contributed by atoms with Gasteiger partial charge in [-0.1, -0.05) is 42.5 Å². The molecule has 1 aliphatic heterocycles. The van der Waals surface area contributed by atoms with Crippen LogP contribution in [-0.2, 0) is 12.8 Å². The molecule has 1 atom stereocenters. The van der Waals surface area contributed by atoms with Crippen LogP contribution in [0.5, 0.6) is 0 Å². The van der Waals surface area contributed by atoms with Gasteiger partial charge in [-0.25, -0.2) is 4.98 Å². The van der Waals surface area contributed by atoms with E-state index in [2.05, 4.69) is 52.0 Å². The molecule has 2 nitrogen and oxygen atoms in total. The Hall–Kier alpha value is -2.35.